The number of benzene rings is 2. The molecular formula is C32H35FN8OS. The molecule has 222 valence electrons. The Hall–Kier alpha value is -4.09. The predicted molar refractivity (Wildman–Crippen MR) is 169 cm³/mol. The number of amides is 1. The molecule has 5 heterocycles. The van der Waals surface area contributed by atoms with Gasteiger partial charge in [0, 0.05) is 67.1 Å². The Kier molecular flexibility index (Phi) is 7.22. The first kappa shape index (κ1) is 27.7. The average molecular weight is 599 g/mol. The zero-order valence-corrected chi connectivity index (χ0v) is 25.4. The van der Waals surface area contributed by atoms with Gasteiger partial charge in [-0.15, -0.1) is 11.3 Å². The maximum Gasteiger partial charge on any atom is 0.257 e. The lowest BCUT2D eigenvalue weighted by atomic mass is 9.95. The van der Waals surface area contributed by atoms with Crippen LogP contribution >= 0.6 is 11.3 Å². The molecular weight excluding hydrogens is 563 g/mol. The maximum atomic E-state index is 14.4. The SMILES string of the molecule is CCN1CCN(c2ccc(-c3cc(C)c4cn(C(C(=O)Nc5nccs5)c5ncn6c5C[C@@H](F)C6)nc4c3C)cc2)CC1. The number of hydrogen-bond donors (Lipinski definition) is 1. The molecule has 3 aromatic heterocycles. The third kappa shape index (κ3) is 5.10. The number of nitrogens with zero attached hydrogens (tertiary/aromatic N) is 7. The first-order chi connectivity index (χ1) is 20.9. The largest absolute Gasteiger partial charge is 0.369 e. The molecule has 2 aliphatic heterocycles. The maximum absolute atomic E-state index is 14.4. The number of nitrogens with one attached hydrogen (secondary N) is 1. The van der Waals surface area contributed by atoms with Crippen LogP contribution in [0.2, 0.25) is 0 Å². The number of alkyl halides is 1. The highest BCUT2D eigenvalue weighted by atomic mass is 32.1. The molecule has 2 aliphatic rings. The fourth-order valence-corrected chi connectivity index (χ4v) is 6.97. The summed E-state index contributed by atoms with van der Waals surface area (Å²) in [5, 5.41) is 11.2. The summed E-state index contributed by atoms with van der Waals surface area (Å²) in [6.07, 6.45) is 4.42. The van der Waals surface area contributed by atoms with Gasteiger partial charge in [-0.1, -0.05) is 25.1 Å². The van der Waals surface area contributed by atoms with E-state index < -0.39 is 12.2 Å². The van der Waals surface area contributed by atoms with Gasteiger partial charge >= 0.3 is 0 Å². The van der Waals surface area contributed by atoms with Crippen LogP contribution in [0.5, 0.6) is 0 Å². The Balaban J connectivity index is 1.24. The zero-order valence-electron chi connectivity index (χ0n) is 24.6. The molecule has 0 spiro atoms. The fraction of sp³-hybridized carbons (Fsp3) is 0.375. The highest BCUT2D eigenvalue weighted by Crippen LogP contribution is 2.35. The third-order valence-corrected chi connectivity index (χ3v) is 9.55. The van der Waals surface area contributed by atoms with E-state index in [1.165, 1.54) is 17.0 Å². The lowest BCUT2D eigenvalue weighted by Crippen LogP contribution is -2.46. The Labute approximate surface area is 254 Å². The molecule has 11 heteroatoms. The summed E-state index contributed by atoms with van der Waals surface area (Å²) < 4.78 is 17.8. The number of halogens is 1. The Bertz CT molecular complexity index is 1770. The molecule has 2 atom stereocenters. The highest BCUT2D eigenvalue weighted by Gasteiger charge is 2.34. The third-order valence-electron chi connectivity index (χ3n) is 8.86. The van der Waals surface area contributed by atoms with Crippen LogP contribution in [-0.2, 0) is 17.8 Å². The Morgan fingerprint density at radius 3 is 2.65 bits per heavy atom. The minimum Gasteiger partial charge on any atom is -0.369 e. The Morgan fingerprint density at radius 2 is 1.93 bits per heavy atom. The van der Waals surface area contributed by atoms with Crippen molar-refractivity contribution in [3.05, 3.63) is 76.9 Å². The second kappa shape index (κ2) is 11.2. The van der Waals surface area contributed by atoms with Crippen molar-refractivity contribution in [3.8, 4) is 11.1 Å². The molecule has 2 aromatic carbocycles. The number of carbonyl (C=O) groups excluding carboxylic acids is 1. The van der Waals surface area contributed by atoms with Gasteiger partial charge in [0.2, 0.25) is 0 Å². The minimum atomic E-state index is -0.990. The number of aryl methyl sites for hydroxylation is 2. The highest BCUT2D eigenvalue weighted by molar-refractivity contribution is 7.13. The lowest BCUT2D eigenvalue weighted by Gasteiger charge is -2.35. The second-order valence-electron chi connectivity index (χ2n) is 11.5. The number of thiazole rings is 1. The van der Waals surface area contributed by atoms with E-state index in [0.29, 0.717) is 10.8 Å². The zero-order chi connectivity index (χ0) is 29.7. The number of aromatic nitrogens is 5. The van der Waals surface area contributed by atoms with Gasteiger partial charge < -0.3 is 14.4 Å². The molecule has 1 fully saturated rings. The van der Waals surface area contributed by atoms with E-state index in [2.05, 4.69) is 76.2 Å². The first-order valence-electron chi connectivity index (χ1n) is 14.8. The van der Waals surface area contributed by atoms with Gasteiger partial charge in [-0.3, -0.25) is 14.8 Å². The number of likely N-dealkylation sites (N-methyl/N-ethyl adjacent to an activating group) is 1. The monoisotopic (exact) mass is 598 g/mol. The van der Waals surface area contributed by atoms with Crippen LogP contribution in [0.25, 0.3) is 22.0 Å². The summed E-state index contributed by atoms with van der Waals surface area (Å²) in [7, 11) is 0. The number of imidazole rings is 1. The summed E-state index contributed by atoms with van der Waals surface area (Å²) in [6.45, 7) is 12.0. The van der Waals surface area contributed by atoms with Gasteiger partial charge in [-0.05, 0) is 54.8 Å². The average Bonchev–Trinajstić information content (AvgIpc) is 3.82. The van der Waals surface area contributed by atoms with E-state index in [-0.39, 0.29) is 18.9 Å². The summed E-state index contributed by atoms with van der Waals surface area (Å²) in [4.78, 5) is 27.5. The quantitative estimate of drug-likeness (QED) is 0.276. The minimum absolute atomic E-state index is 0.226. The summed E-state index contributed by atoms with van der Waals surface area (Å²) >= 11 is 1.34. The summed E-state index contributed by atoms with van der Waals surface area (Å²) in [6, 6.07) is 10.1. The number of hydrogen-bond acceptors (Lipinski definition) is 7. The number of anilines is 2. The van der Waals surface area contributed by atoms with Gasteiger partial charge in [-0.25, -0.2) is 14.4 Å². The first-order valence-corrected chi connectivity index (χ1v) is 15.7. The van der Waals surface area contributed by atoms with Crippen molar-refractivity contribution in [1.29, 1.82) is 0 Å². The Morgan fingerprint density at radius 1 is 1.14 bits per heavy atom. The van der Waals surface area contributed by atoms with E-state index in [4.69, 9.17) is 5.10 Å². The molecule has 7 rings (SSSR count). The molecule has 0 aliphatic carbocycles. The number of piperazine rings is 1. The van der Waals surface area contributed by atoms with Crippen molar-refractivity contribution in [2.45, 2.75) is 46.0 Å². The normalized spacial score (nSPS) is 17.9. The lowest BCUT2D eigenvalue weighted by molar-refractivity contribution is -0.118. The second-order valence-corrected chi connectivity index (χ2v) is 12.4. The van der Waals surface area contributed by atoms with Gasteiger partial charge in [0.05, 0.1) is 24.1 Å². The van der Waals surface area contributed by atoms with Crippen LogP contribution in [0.4, 0.5) is 15.2 Å². The summed E-state index contributed by atoms with van der Waals surface area (Å²) in [5.74, 6) is -0.308. The van der Waals surface area contributed by atoms with Gasteiger partial charge in [0.1, 0.15) is 6.17 Å². The van der Waals surface area contributed by atoms with Crippen LogP contribution in [0.15, 0.2) is 54.4 Å². The molecule has 1 N–H and O–H groups in total. The van der Waals surface area contributed by atoms with Crippen molar-refractivity contribution in [2.24, 2.45) is 0 Å². The van der Waals surface area contributed by atoms with E-state index >= 15 is 0 Å². The molecule has 1 amide bonds. The van der Waals surface area contributed by atoms with E-state index in [1.54, 1.807) is 21.8 Å². The number of fused-ring (bicyclic) bond motifs is 2. The molecule has 0 saturated carbocycles. The molecule has 9 nitrogen and oxygen atoms in total. The van der Waals surface area contributed by atoms with Crippen molar-refractivity contribution in [3.63, 3.8) is 0 Å². The van der Waals surface area contributed by atoms with E-state index in [0.717, 1.165) is 71.6 Å². The van der Waals surface area contributed by atoms with Gasteiger partial charge in [-0.2, -0.15) is 5.10 Å². The van der Waals surface area contributed by atoms with Crippen molar-refractivity contribution in [2.75, 3.05) is 42.9 Å². The topological polar surface area (TPSA) is 84.1 Å². The molecule has 43 heavy (non-hydrogen) atoms. The van der Waals surface area contributed by atoms with Crippen LogP contribution in [-0.4, -0.2) is 74.0 Å². The van der Waals surface area contributed by atoms with Crippen LogP contribution < -0.4 is 10.2 Å². The molecule has 5 aromatic rings. The molecule has 0 radical (unpaired) electrons. The smallest absolute Gasteiger partial charge is 0.257 e. The predicted octanol–water partition coefficient (Wildman–Crippen LogP) is 5.24. The van der Waals surface area contributed by atoms with Crippen molar-refractivity contribution < 1.29 is 9.18 Å². The van der Waals surface area contributed by atoms with Crippen LogP contribution in [0.1, 0.15) is 35.5 Å². The van der Waals surface area contributed by atoms with Crippen molar-refractivity contribution in [1.82, 2.24) is 29.2 Å². The standard InChI is InChI=1S/C32H35FN8OS/c1-4-38-10-12-39(13-11-38)24-7-5-22(6-8-24)25-15-20(2)26-18-41(37-28(26)21(25)3)30(31(42)36-32-34-9-14-43-32)29-27-16-23(33)17-40(27)19-35-29/h5-9,14-15,18-19,23,30H,4,10-13,16-17H2,1-3H3,(H,34,36,42)/t23-,30?/m1/s1. The number of rotatable bonds is 7. The van der Waals surface area contributed by atoms with E-state index in [1.807, 2.05) is 11.6 Å². The van der Waals surface area contributed by atoms with E-state index in [9.17, 15) is 9.18 Å². The van der Waals surface area contributed by atoms with Gasteiger partial charge in [0.15, 0.2) is 11.2 Å². The van der Waals surface area contributed by atoms with Crippen molar-refractivity contribution >= 4 is 39.0 Å². The van der Waals surface area contributed by atoms with Crippen LogP contribution in [0.3, 0.4) is 0 Å². The molecule has 1 saturated heterocycles. The van der Waals surface area contributed by atoms with Gasteiger partial charge in [0.25, 0.3) is 5.91 Å². The molecule has 0 bridgehead atoms. The number of carbonyl (C=O) groups is 1. The summed E-state index contributed by atoms with van der Waals surface area (Å²) in [5.41, 5.74) is 7.69. The van der Waals surface area contributed by atoms with Crippen LogP contribution in [0, 0.1) is 13.8 Å². The fourth-order valence-electron chi connectivity index (χ4n) is 6.44. The molecule has 1 unspecified atom stereocenters.